The summed E-state index contributed by atoms with van der Waals surface area (Å²) in [7, 11) is 0. The normalized spacial score (nSPS) is 11.2. The van der Waals surface area contributed by atoms with Crippen molar-refractivity contribution >= 4 is 28.0 Å². The van der Waals surface area contributed by atoms with Gasteiger partial charge in [-0.2, -0.15) is 0 Å². The van der Waals surface area contributed by atoms with E-state index in [2.05, 4.69) is 17.4 Å². The zero-order chi connectivity index (χ0) is 24.4. The van der Waals surface area contributed by atoms with Crippen molar-refractivity contribution < 1.29 is 18.0 Å². The number of carbonyl (C=O) groups excluding carboxylic acids is 1. The molecule has 0 saturated carbocycles. The van der Waals surface area contributed by atoms with E-state index in [9.17, 15) is 13.6 Å². The van der Waals surface area contributed by atoms with Crippen LogP contribution in [0.3, 0.4) is 0 Å². The summed E-state index contributed by atoms with van der Waals surface area (Å²) in [6.07, 6.45) is 4.08. The number of nitrogens with one attached hydrogen (secondary N) is 1. The fraction of sp³-hybridized carbons (Fsp3) is 0.154. The van der Waals surface area contributed by atoms with Gasteiger partial charge in [-0.25, -0.2) is 18.6 Å². The molecule has 0 atom stereocenters. The lowest BCUT2D eigenvalue weighted by molar-refractivity contribution is 0.204. The number of hydrogen-bond donors (Lipinski definition) is 1. The second kappa shape index (κ2) is 9.71. The number of aromatic nitrogens is 2. The van der Waals surface area contributed by atoms with Gasteiger partial charge in [-0.3, -0.25) is 4.40 Å². The zero-order valence-electron chi connectivity index (χ0n) is 18.9. The zero-order valence-corrected chi connectivity index (χ0v) is 19.7. The van der Waals surface area contributed by atoms with Gasteiger partial charge in [0.1, 0.15) is 17.4 Å². The van der Waals surface area contributed by atoms with Crippen LogP contribution in [0.15, 0.2) is 76.9 Å². The number of nitrogens with zero attached hydrogens (tertiary/aromatic N) is 3. The molecule has 0 aliphatic carbocycles. The molecule has 35 heavy (non-hydrogen) atoms. The van der Waals surface area contributed by atoms with E-state index in [4.69, 9.17) is 9.40 Å². The maximum absolute atomic E-state index is 14.1. The van der Waals surface area contributed by atoms with Gasteiger partial charge in [0.2, 0.25) is 0 Å². The number of thiazole rings is 1. The summed E-state index contributed by atoms with van der Waals surface area (Å²) in [5.41, 5.74) is 4.02. The third-order valence-corrected chi connectivity index (χ3v) is 6.54. The summed E-state index contributed by atoms with van der Waals surface area (Å²) in [4.78, 5) is 20.1. The monoisotopic (exact) mass is 492 g/mol. The van der Waals surface area contributed by atoms with Crippen molar-refractivity contribution in [3.8, 4) is 11.3 Å². The van der Waals surface area contributed by atoms with Crippen LogP contribution in [0, 0.1) is 18.6 Å². The summed E-state index contributed by atoms with van der Waals surface area (Å²) in [5, 5.41) is 4.55. The molecule has 0 saturated heterocycles. The minimum atomic E-state index is -0.835. The van der Waals surface area contributed by atoms with Crippen LogP contribution in [0.5, 0.6) is 0 Å². The molecule has 0 aliphatic heterocycles. The van der Waals surface area contributed by atoms with E-state index in [0.717, 1.165) is 34.0 Å². The maximum Gasteiger partial charge on any atom is 0.322 e. The van der Waals surface area contributed by atoms with Crippen molar-refractivity contribution in [2.24, 2.45) is 0 Å². The number of fused-ring (bicyclic) bond motifs is 1. The number of aryl methyl sites for hydroxylation is 1. The van der Waals surface area contributed by atoms with E-state index in [-0.39, 0.29) is 12.2 Å². The van der Waals surface area contributed by atoms with Crippen LogP contribution >= 0.6 is 11.3 Å². The Bertz CT molecular complexity index is 1460. The number of carbonyl (C=O) groups is 1. The molecule has 2 aromatic carbocycles. The van der Waals surface area contributed by atoms with Crippen molar-refractivity contribution in [1.82, 2.24) is 14.3 Å². The number of furan rings is 1. The lowest BCUT2D eigenvalue weighted by Gasteiger charge is -2.22. The molecule has 9 heteroatoms. The van der Waals surface area contributed by atoms with E-state index in [1.807, 2.05) is 35.0 Å². The Labute approximate surface area is 204 Å². The number of anilines is 1. The quantitative estimate of drug-likeness (QED) is 0.281. The topological polar surface area (TPSA) is 62.8 Å². The summed E-state index contributed by atoms with van der Waals surface area (Å²) in [6.45, 7) is 2.59. The predicted molar refractivity (Wildman–Crippen MR) is 131 cm³/mol. The summed E-state index contributed by atoms with van der Waals surface area (Å²) >= 11 is 1.53. The highest BCUT2D eigenvalue weighted by molar-refractivity contribution is 7.15. The molecule has 0 aliphatic rings. The number of urea groups is 1. The Morgan fingerprint density at radius 1 is 1.17 bits per heavy atom. The fourth-order valence-corrected chi connectivity index (χ4v) is 4.66. The average Bonchev–Trinajstić information content (AvgIpc) is 3.57. The molecule has 3 heterocycles. The number of benzene rings is 2. The van der Waals surface area contributed by atoms with Gasteiger partial charge in [-0.15, -0.1) is 11.3 Å². The molecule has 0 fully saturated rings. The van der Waals surface area contributed by atoms with Crippen LogP contribution in [0.1, 0.15) is 17.0 Å². The van der Waals surface area contributed by atoms with Crippen molar-refractivity contribution in [3.63, 3.8) is 0 Å². The summed E-state index contributed by atoms with van der Waals surface area (Å²) in [6, 6.07) is 14.2. The first-order valence-corrected chi connectivity index (χ1v) is 11.9. The summed E-state index contributed by atoms with van der Waals surface area (Å²) in [5.74, 6) is -0.947. The van der Waals surface area contributed by atoms with Gasteiger partial charge in [0.05, 0.1) is 24.2 Å². The van der Waals surface area contributed by atoms with Crippen LogP contribution < -0.4 is 5.32 Å². The Hall–Kier alpha value is -3.98. The Morgan fingerprint density at radius 2 is 2.00 bits per heavy atom. The smallest absolute Gasteiger partial charge is 0.322 e. The van der Waals surface area contributed by atoms with Gasteiger partial charge >= 0.3 is 6.03 Å². The van der Waals surface area contributed by atoms with Crippen LogP contribution in [0.2, 0.25) is 0 Å². The standard InChI is InChI=1S/C26H22F2N4O2S/c1-17-4-6-18(7-5-17)24-15-32-20(16-35-26(32)30-24)10-11-31(14-21-3-2-12-34-21)25(33)29-23-9-8-19(27)13-22(23)28/h2-9,12-13,15-16H,10-11,14H2,1H3,(H,29,33). The molecule has 0 spiro atoms. The largest absolute Gasteiger partial charge is 0.467 e. The maximum atomic E-state index is 14.1. The fourth-order valence-electron chi connectivity index (χ4n) is 3.75. The SMILES string of the molecule is Cc1ccc(-c2cn3c(CCN(Cc4ccco4)C(=O)Nc4ccc(F)cc4F)csc3n2)cc1. The van der Waals surface area contributed by atoms with Gasteiger partial charge in [-0.1, -0.05) is 29.8 Å². The number of rotatable bonds is 7. The average molecular weight is 493 g/mol. The van der Waals surface area contributed by atoms with Crippen LogP contribution in [0.25, 0.3) is 16.2 Å². The third kappa shape index (κ3) is 5.09. The van der Waals surface area contributed by atoms with Gasteiger partial charge < -0.3 is 14.6 Å². The number of hydrogen-bond acceptors (Lipinski definition) is 4. The van der Waals surface area contributed by atoms with Crippen LogP contribution in [0.4, 0.5) is 19.3 Å². The number of amides is 2. The predicted octanol–water partition coefficient (Wildman–Crippen LogP) is 6.52. The molecular weight excluding hydrogens is 470 g/mol. The highest BCUT2D eigenvalue weighted by Crippen LogP contribution is 2.25. The van der Waals surface area contributed by atoms with E-state index >= 15 is 0 Å². The summed E-state index contributed by atoms with van der Waals surface area (Å²) < 4.78 is 34.8. The van der Waals surface area contributed by atoms with Gasteiger partial charge in [0, 0.05) is 41.9 Å². The van der Waals surface area contributed by atoms with E-state index in [1.165, 1.54) is 34.1 Å². The molecule has 0 bridgehead atoms. The first-order chi connectivity index (χ1) is 17.0. The molecule has 3 aromatic heterocycles. The van der Waals surface area contributed by atoms with Crippen LogP contribution in [-0.4, -0.2) is 26.9 Å². The molecule has 5 rings (SSSR count). The molecule has 1 N–H and O–H groups in total. The Morgan fingerprint density at radius 3 is 2.74 bits per heavy atom. The first-order valence-electron chi connectivity index (χ1n) is 11.0. The van der Waals surface area contributed by atoms with Crippen molar-refractivity contribution in [1.29, 1.82) is 0 Å². The minimum Gasteiger partial charge on any atom is -0.467 e. The molecule has 0 unspecified atom stereocenters. The van der Waals surface area contributed by atoms with E-state index in [0.29, 0.717) is 18.7 Å². The molecule has 6 nitrogen and oxygen atoms in total. The molecule has 2 amide bonds. The number of halogens is 2. The second-order valence-corrected chi connectivity index (χ2v) is 9.01. The molecule has 0 radical (unpaired) electrons. The van der Waals surface area contributed by atoms with Gasteiger partial charge in [0.15, 0.2) is 4.96 Å². The van der Waals surface area contributed by atoms with Crippen molar-refractivity contribution in [2.75, 3.05) is 11.9 Å². The molecule has 178 valence electrons. The minimum absolute atomic E-state index is 0.0869. The van der Waals surface area contributed by atoms with Crippen molar-refractivity contribution in [2.45, 2.75) is 19.9 Å². The second-order valence-electron chi connectivity index (χ2n) is 8.18. The van der Waals surface area contributed by atoms with Gasteiger partial charge in [-0.05, 0) is 31.2 Å². The Balaban J connectivity index is 1.34. The van der Waals surface area contributed by atoms with Gasteiger partial charge in [0.25, 0.3) is 0 Å². The lowest BCUT2D eigenvalue weighted by Crippen LogP contribution is -2.36. The van der Waals surface area contributed by atoms with E-state index in [1.54, 1.807) is 12.1 Å². The van der Waals surface area contributed by atoms with E-state index < -0.39 is 17.7 Å². The Kier molecular flexibility index (Phi) is 6.33. The lowest BCUT2D eigenvalue weighted by atomic mass is 10.1. The van der Waals surface area contributed by atoms with Crippen LogP contribution in [-0.2, 0) is 13.0 Å². The number of imidazole rings is 1. The highest BCUT2D eigenvalue weighted by Gasteiger charge is 2.19. The molecular formula is C26H22F2N4O2S. The third-order valence-electron chi connectivity index (χ3n) is 5.66. The van der Waals surface area contributed by atoms with Crippen molar-refractivity contribution in [3.05, 3.63) is 101 Å². The highest BCUT2D eigenvalue weighted by atomic mass is 32.1. The molecule has 5 aromatic rings. The first kappa shape index (κ1) is 22.8.